The van der Waals surface area contributed by atoms with Crippen LogP contribution in [-0.4, -0.2) is 5.78 Å². The lowest BCUT2D eigenvalue weighted by atomic mass is 9.74. The molecule has 0 aromatic rings. The first-order chi connectivity index (χ1) is 7.97. The molecule has 1 heteroatoms. The summed E-state index contributed by atoms with van der Waals surface area (Å²) in [5.74, 6) is 1.13. The van der Waals surface area contributed by atoms with Crippen LogP contribution < -0.4 is 0 Å². The largest absolute Gasteiger partial charge is 0.298 e. The average molecular weight is 232 g/mol. The first-order valence-corrected chi connectivity index (χ1v) is 6.86. The van der Waals surface area contributed by atoms with Gasteiger partial charge in [0.1, 0.15) is 5.78 Å². The van der Waals surface area contributed by atoms with E-state index in [4.69, 9.17) is 0 Å². The minimum atomic E-state index is -0.265. The number of hydrogen-bond donors (Lipinski definition) is 0. The number of hydrogen-bond acceptors (Lipinski definition) is 1. The van der Waals surface area contributed by atoms with Gasteiger partial charge in [-0.15, -0.1) is 0 Å². The Morgan fingerprint density at radius 1 is 1.29 bits per heavy atom. The Labute approximate surface area is 105 Å². The van der Waals surface area contributed by atoms with Gasteiger partial charge in [0, 0.05) is 17.3 Å². The van der Waals surface area contributed by atoms with Gasteiger partial charge in [0.25, 0.3) is 0 Å². The summed E-state index contributed by atoms with van der Waals surface area (Å²) >= 11 is 0. The molecule has 2 saturated carbocycles. The number of rotatable bonds is 3. The first kappa shape index (κ1) is 12.6. The van der Waals surface area contributed by atoms with Crippen LogP contribution >= 0.6 is 0 Å². The second-order valence-corrected chi connectivity index (χ2v) is 6.14. The van der Waals surface area contributed by atoms with Crippen LogP contribution in [0.3, 0.4) is 0 Å². The summed E-state index contributed by atoms with van der Waals surface area (Å²) in [5.41, 5.74) is 2.03. The molecule has 2 rings (SSSR count). The van der Waals surface area contributed by atoms with Crippen molar-refractivity contribution in [3.05, 3.63) is 24.3 Å². The number of allylic oxidation sites excluding steroid dienone is 2. The average Bonchev–Trinajstić information content (AvgIpc) is 2.88. The van der Waals surface area contributed by atoms with Crippen molar-refractivity contribution < 1.29 is 4.79 Å². The normalized spacial score (nSPS) is 34.2. The second-order valence-electron chi connectivity index (χ2n) is 6.14. The van der Waals surface area contributed by atoms with Gasteiger partial charge in [-0.1, -0.05) is 37.1 Å². The van der Waals surface area contributed by atoms with Gasteiger partial charge in [-0.2, -0.15) is 0 Å². The lowest BCUT2D eigenvalue weighted by Crippen LogP contribution is -2.32. The molecule has 2 fully saturated rings. The van der Waals surface area contributed by atoms with Gasteiger partial charge in [0.2, 0.25) is 0 Å². The van der Waals surface area contributed by atoms with Gasteiger partial charge in [-0.05, 0) is 39.5 Å². The molecule has 0 aromatic heterocycles. The third kappa shape index (κ3) is 2.00. The molecule has 0 saturated heterocycles. The Kier molecular flexibility index (Phi) is 3.29. The van der Waals surface area contributed by atoms with E-state index in [0.29, 0.717) is 17.6 Å². The van der Waals surface area contributed by atoms with E-state index < -0.39 is 0 Å². The van der Waals surface area contributed by atoms with Crippen LogP contribution in [0.4, 0.5) is 0 Å². The third-order valence-corrected chi connectivity index (χ3v) is 4.93. The summed E-state index contributed by atoms with van der Waals surface area (Å²) < 4.78 is 0. The van der Waals surface area contributed by atoms with E-state index in [1.54, 1.807) is 0 Å². The highest BCUT2D eigenvalue weighted by Gasteiger charge is 2.46. The molecule has 1 nitrogen and oxygen atoms in total. The molecule has 0 N–H and O–H groups in total. The maximum Gasteiger partial charge on any atom is 0.145 e. The third-order valence-electron chi connectivity index (χ3n) is 4.93. The lowest BCUT2D eigenvalue weighted by molar-refractivity contribution is -0.129. The van der Waals surface area contributed by atoms with Crippen LogP contribution in [0.15, 0.2) is 24.3 Å². The molecule has 0 heterocycles. The smallest absolute Gasteiger partial charge is 0.145 e. The van der Waals surface area contributed by atoms with Gasteiger partial charge in [-0.3, -0.25) is 4.79 Å². The Bertz CT molecular complexity index is 360. The maximum absolute atomic E-state index is 12.7. The fourth-order valence-corrected chi connectivity index (χ4v) is 3.62. The van der Waals surface area contributed by atoms with Crippen molar-refractivity contribution in [2.45, 2.75) is 52.4 Å². The Morgan fingerprint density at radius 3 is 2.35 bits per heavy atom. The van der Waals surface area contributed by atoms with Crippen molar-refractivity contribution in [2.75, 3.05) is 0 Å². The van der Waals surface area contributed by atoms with Gasteiger partial charge in [0.15, 0.2) is 0 Å². The molecule has 0 radical (unpaired) electrons. The van der Waals surface area contributed by atoms with E-state index in [0.717, 1.165) is 36.8 Å². The van der Waals surface area contributed by atoms with Crippen LogP contribution in [0.2, 0.25) is 0 Å². The molecule has 2 aliphatic carbocycles. The molecule has 0 aliphatic heterocycles. The zero-order valence-corrected chi connectivity index (χ0v) is 11.2. The van der Waals surface area contributed by atoms with E-state index in [2.05, 4.69) is 27.0 Å². The van der Waals surface area contributed by atoms with E-state index in [1.807, 2.05) is 0 Å². The molecule has 2 atom stereocenters. The Morgan fingerprint density at radius 2 is 1.88 bits per heavy atom. The van der Waals surface area contributed by atoms with Crippen molar-refractivity contribution in [1.82, 2.24) is 0 Å². The molecule has 0 spiro atoms. The minimum Gasteiger partial charge on any atom is -0.298 e. The van der Waals surface area contributed by atoms with E-state index in [-0.39, 0.29) is 5.41 Å². The molecule has 0 aromatic carbocycles. The number of ketones is 1. The van der Waals surface area contributed by atoms with E-state index in [9.17, 15) is 4.79 Å². The fraction of sp³-hybridized carbons (Fsp3) is 0.688. The Hall–Kier alpha value is -0.850. The van der Waals surface area contributed by atoms with Gasteiger partial charge in [-0.25, -0.2) is 0 Å². The Balaban J connectivity index is 2.17. The highest BCUT2D eigenvalue weighted by molar-refractivity contribution is 5.90. The lowest BCUT2D eigenvalue weighted by Gasteiger charge is -2.28. The predicted molar refractivity (Wildman–Crippen MR) is 71.8 cm³/mol. The van der Waals surface area contributed by atoms with Crippen molar-refractivity contribution in [3.8, 4) is 0 Å². The quantitative estimate of drug-likeness (QED) is 0.663. The topological polar surface area (TPSA) is 17.1 Å². The van der Waals surface area contributed by atoms with Crippen molar-refractivity contribution in [2.24, 2.45) is 17.3 Å². The molecule has 17 heavy (non-hydrogen) atoms. The molecule has 94 valence electrons. The van der Waals surface area contributed by atoms with Crippen molar-refractivity contribution in [3.63, 3.8) is 0 Å². The molecule has 2 unspecified atom stereocenters. The van der Waals surface area contributed by atoms with E-state index in [1.165, 1.54) is 12.8 Å². The summed E-state index contributed by atoms with van der Waals surface area (Å²) in [6, 6.07) is 0. The number of carbonyl (C=O) groups excluding carboxylic acids is 1. The fourth-order valence-electron chi connectivity index (χ4n) is 3.62. The van der Waals surface area contributed by atoms with Crippen LogP contribution in [0.5, 0.6) is 0 Å². The summed E-state index contributed by atoms with van der Waals surface area (Å²) in [5, 5.41) is 0. The predicted octanol–water partition coefficient (Wildman–Crippen LogP) is 4.29. The molecular weight excluding hydrogens is 208 g/mol. The summed E-state index contributed by atoms with van der Waals surface area (Å²) in [6.45, 7) is 12.4. The summed E-state index contributed by atoms with van der Waals surface area (Å²) in [7, 11) is 0. The molecule has 0 amide bonds. The van der Waals surface area contributed by atoms with Crippen LogP contribution in [-0.2, 0) is 4.79 Å². The highest BCUT2D eigenvalue weighted by atomic mass is 16.1. The molecule has 2 aliphatic rings. The zero-order chi connectivity index (χ0) is 12.6. The summed E-state index contributed by atoms with van der Waals surface area (Å²) in [4.78, 5) is 12.7. The maximum atomic E-state index is 12.7. The number of carbonyl (C=O) groups is 1. The van der Waals surface area contributed by atoms with Gasteiger partial charge >= 0.3 is 0 Å². The minimum absolute atomic E-state index is 0.265. The molecular formula is C16H24O. The number of Topliss-reactive ketones (excluding diaryl/α,β-unsaturated/α-hetero) is 1. The molecule has 0 bridgehead atoms. The monoisotopic (exact) mass is 232 g/mol. The standard InChI is InChI=1S/C16H24O/c1-11(2)14-9-10-16(4,12(14)3)15(17)13-7-5-6-8-13/h13-14H,1,3,5-10H2,2,4H3. The highest BCUT2D eigenvalue weighted by Crippen LogP contribution is 2.50. The van der Waals surface area contributed by atoms with Crippen LogP contribution in [0.25, 0.3) is 0 Å². The van der Waals surface area contributed by atoms with Crippen molar-refractivity contribution >= 4 is 5.78 Å². The zero-order valence-electron chi connectivity index (χ0n) is 11.2. The van der Waals surface area contributed by atoms with Crippen LogP contribution in [0, 0.1) is 17.3 Å². The van der Waals surface area contributed by atoms with Gasteiger partial charge in [0.05, 0.1) is 0 Å². The van der Waals surface area contributed by atoms with Crippen molar-refractivity contribution in [1.29, 1.82) is 0 Å². The summed E-state index contributed by atoms with van der Waals surface area (Å²) in [6.07, 6.45) is 6.67. The first-order valence-electron chi connectivity index (χ1n) is 6.86. The second kappa shape index (κ2) is 4.44. The SMILES string of the molecule is C=C(C)C1CCC(C)(C(=O)C2CCCC2)C1=C. The van der Waals surface area contributed by atoms with Crippen LogP contribution in [0.1, 0.15) is 52.4 Å². The van der Waals surface area contributed by atoms with E-state index >= 15 is 0 Å². The van der Waals surface area contributed by atoms with Gasteiger partial charge < -0.3 is 0 Å².